The Bertz CT molecular complexity index is 483. The minimum atomic E-state index is 0.0983. The van der Waals surface area contributed by atoms with E-state index in [2.05, 4.69) is 47.2 Å². The molecule has 4 nitrogen and oxygen atoms in total. The summed E-state index contributed by atoms with van der Waals surface area (Å²) in [5.41, 5.74) is 8.79. The number of aromatic amines is 1. The lowest BCUT2D eigenvalue weighted by atomic mass is 10.00. The Labute approximate surface area is 111 Å². The zero-order valence-electron chi connectivity index (χ0n) is 10.6. The average molecular weight is 262 g/mol. The second kappa shape index (κ2) is 6.02. The molecule has 0 radical (unpaired) electrons. The Morgan fingerprint density at radius 2 is 2.17 bits per heavy atom. The molecule has 0 saturated heterocycles. The van der Waals surface area contributed by atoms with Gasteiger partial charge >= 0.3 is 0 Å². The highest BCUT2D eigenvalue weighted by Crippen LogP contribution is 2.37. The molecule has 2 atom stereocenters. The summed E-state index contributed by atoms with van der Waals surface area (Å²) in [5.74, 6) is 0. The lowest BCUT2D eigenvalue weighted by Crippen LogP contribution is -2.26. The van der Waals surface area contributed by atoms with Crippen LogP contribution < -0.4 is 5.73 Å². The number of nitrogens with zero attached hydrogens (tertiary/aromatic N) is 2. The molecule has 0 bridgehead atoms. The fourth-order valence-electron chi connectivity index (χ4n) is 1.87. The van der Waals surface area contributed by atoms with Crippen molar-refractivity contribution in [2.75, 3.05) is 0 Å². The third-order valence-corrected chi connectivity index (χ3v) is 4.26. The molecule has 0 spiro atoms. The van der Waals surface area contributed by atoms with E-state index in [4.69, 9.17) is 5.73 Å². The number of hydrogen-bond acceptors (Lipinski definition) is 4. The van der Waals surface area contributed by atoms with Crippen LogP contribution in [0.5, 0.6) is 0 Å². The highest BCUT2D eigenvalue weighted by Gasteiger charge is 2.22. The first-order valence-corrected chi connectivity index (χ1v) is 6.93. The van der Waals surface area contributed by atoms with Crippen molar-refractivity contribution in [3.8, 4) is 0 Å². The standard InChI is InChI=1S/C13H18N4S/c1-3-11(14)12(18-13-15-8-16-17-13)10-7-5-4-6-9(10)2/h4-8,11-12H,3,14H2,1-2H3,(H,15,16,17). The van der Waals surface area contributed by atoms with E-state index in [0.29, 0.717) is 0 Å². The molecule has 1 aromatic carbocycles. The smallest absolute Gasteiger partial charge is 0.184 e. The van der Waals surface area contributed by atoms with Crippen LogP contribution >= 0.6 is 11.8 Å². The molecule has 18 heavy (non-hydrogen) atoms. The summed E-state index contributed by atoms with van der Waals surface area (Å²) in [6.07, 6.45) is 2.45. The van der Waals surface area contributed by atoms with E-state index in [-0.39, 0.29) is 11.3 Å². The van der Waals surface area contributed by atoms with Crippen LogP contribution in [0.15, 0.2) is 35.7 Å². The van der Waals surface area contributed by atoms with Crippen molar-refractivity contribution in [1.29, 1.82) is 0 Å². The van der Waals surface area contributed by atoms with Crippen molar-refractivity contribution in [2.45, 2.75) is 36.7 Å². The highest BCUT2D eigenvalue weighted by molar-refractivity contribution is 7.99. The predicted octanol–water partition coefficient (Wildman–Crippen LogP) is 2.68. The van der Waals surface area contributed by atoms with Gasteiger partial charge in [-0.25, -0.2) is 4.98 Å². The molecule has 0 saturated carbocycles. The zero-order valence-corrected chi connectivity index (χ0v) is 11.4. The van der Waals surface area contributed by atoms with E-state index in [9.17, 15) is 0 Å². The quantitative estimate of drug-likeness (QED) is 0.813. The van der Waals surface area contributed by atoms with Gasteiger partial charge in [-0.2, -0.15) is 5.10 Å². The third kappa shape index (κ3) is 2.91. The molecule has 0 fully saturated rings. The zero-order chi connectivity index (χ0) is 13.0. The maximum Gasteiger partial charge on any atom is 0.184 e. The number of nitrogens with two attached hydrogens (primary N) is 1. The van der Waals surface area contributed by atoms with Crippen LogP contribution in [0.1, 0.15) is 29.7 Å². The van der Waals surface area contributed by atoms with Gasteiger partial charge in [0.05, 0.1) is 5.25 Å². The van der Waals surface area contributed by atoms with E-state index in [1.54, 1.807) is 11.8 Å². The molecule has 0 aliphatic heterocycles. The molecule has 2 rings (SSSR count). The number of thioether (sulfide) groups is 1. The summed E-state index contributed by atoms with van der Waals surface area (Å²) in [6, 6.07) is 8.46. The van der Waals surface area contributed by atoms with Crippen LogP contribution in [0.3, 0.4) is 0 Å². The Hall–Kier alpha value is -1.33. The van der Waals surface area contributed by atoms with Crippen LogP contribution in [0.25, 0.3) is 0 Å². The summed E-state index contributed by atoms with van der Waals surface area (Å²) in [7, 11) is 0. The number of nitrogens with one attached hydrogen (secondary N) is 1. The van der Waals surface area contributed by atoms with Gasteiger partial charge in [-0.05, 0) is 24.5 Å². The van der Waals surface area contributed by atoms with Gasteiger partial charge in [0.25, 0.3) is 0 Å². The molecule has 0 aliphatic rings. The number of rotatable bonds is 5. The third-order valence-electron chi connectivity index (χ3n) is 2.99. The van der Waals surface area contributed by atoms with Gasteiger partial charge in [0.15, 0.2) is 5.16 Å². The Morgan fingerprint density at radius 3 is 2.78 bits per heavy atom. The highest BCUT2D eigenvalue weighted by atomic mass is 32.2. The summed E-state index contributed by atoms with van der Waals surface area (Å²) >= 11 is 1.64. The van der Waals surface area contributed by atoms with Gasteiger partial charge in [-0.3, -0.25) is 5.10 Å². The predicted molar refractivity (Wildman–Crippen MR) is 74.4 cm³/mol. The van der Waals surface area contributed by atoms with Crippen molar-refractivity contribution in [3.05, 3.63) is 41.7 Å². The van der Waals surface area contributed by atoms with Gasteiger partial charge in [0, 0.05) is 6.04 Å². The molecule has 3 N–H and O–H groups in total. The fourth-order valence-corrected chi connectivity index (χ4v) is 3.09. The Balaban J connectivity index is 2.28. The summed E-state index contributed by atoms with van der Waals surface area (Å²) in [4.78, 5) is 4.17. The Kier molecular flexibility index (Phi) is 4.38. The van der Waals surface area contributed by atoms with Crippen LogP contribution in [0.2, 0.25) is 0 Å². The number of aromatic nitrogens is 3. The monoisotopic (exact) mass is 262 g/mol. The van der Waals surface area contributed by atoms with E-state index in [1.807, 2.05) is 6.07 Å². The number of benzene rings is 1. The number of H-pyrrole nitrogens is 1. The molecule has 1 heterocycles. The molecule has 0 aliphatic carbocycles. The van der Waals surface area contributed by atoms with Crippen molar-refractivity contribution in [1.82, 2.24) is 15.2 Å². The minimum Gasteiger partial charge on any atom is -0.326 e. The van der Waals surface area contributed by atoms with Gasteiger partial charge < -0.3 is 5.73 Å². The SMILES string of the molecule is CCC(N)C(Sc1ncn[nH]1)c1ccccc1C. The van der Waals surface area contributed by atoms with E-state index in [0.717, 1.165) is 11.6 Å². The molecule has 5 heteroatoms. The second-order valence-corrected chi connectivity index (χ2v) is 5.39. The van der Waals surface area contributed by atoms with Crippen LogP contribution in [0.4, 0.5) is 0 Å². The van der Waals surface area contributed by atoms with Gasteiger partial charge in [0.2, 0.25) is 0 Å². The summed E-state index contributed by atoms with van der Waals surface area (Å²) in [6.45, 7) is 4.22. The van der Waals surface area contributed by atoms with E-state index in [1.165, 1.54) is 17.5 Å². The summed E-state index contributed by atoms with van der Waals surface area (Å²) < 4.78 is 0. The molecule has 2 aromatic rings. The number of hydrogen-bond donors (Lipinski definition) is 2. The number of aryl methyl sites for hydroxylation is 1. The maximum atomic E-state index is 6.25. The molecule has 1 aromatic heterocycles. The van der Waals surface area contributed by atoms with Crippen molar-refractivity contribution < 1.29 is 0 Å². The maximum absolute atomic E-state index is 6.25. The molecular formula is C13H18N4S. The van der Waals surface area contributed by atoms with E-state index < -0.39 is 0 Å². The first-order valence-electron chi connectivity index (χ1n) is 6.05. The summed E-state index contributed by atoms with van der Waals surface area (Å²) in [5, 5.41) is 7.77. The minimum absolute atomic E-state index is 0.0983. The van der Waals surface area contributed by atoms with Crippen molar-refractivity contribution in [3.63, 3.8) is 0 Å². The first kappa shape index (κ1) is 13.1. The average Bonchev–Trinajstić information content (AvgIpc) is 2.89. The van der Waals surface area contributed by atoms with Gasteiger partial charge in [-0.1, -0.05) is 43.0 Å². The van der Waals surface area contributed by atoms with Crippen LogP contribution in [-0.4, -0.2) is 21.2 Å². The van der Waals surface area contributed by atoms with Crippen LogP contribution in [-0.2, 0) is 0 Å². The first-order chi connectivity index (χ1) is 8.72. The fraction of sp³-hybridized carbons (Fsp3) is 0.385. The van der Waals surface area contributed by atoms with E-state index >= 15 is 0 Å². The van der Waals surface area contributed by atoms with Crippen molar-refractivity contribution in [2.24, 2.45) is 5.73 Å². The molecule has 2 unspecified atom stereocenters. The largest absolute Gasteiger partial charge is 0.326 e. The van der Waals surface area contributed by atoms with Crippen LogP contribution in [0, 0.1) is 6.92 Å². The second-order valence-electron chi connectivity index (χ2n) is 4.26. The molecule has 96 valence electrons. The lowest BCUT2D eigenvalue weighted by Gasteiger charge is -2.23. The van der Waals surface area contributed by atoms with Gasteiger partial charge in [-0.15, -0.1) is 0 Å². The van der Waals surface area contributed by atoms with Gasteiger partial charge in [0.1, 0.15) is 6.33 Å². The lowest BCUT2D eigenvalue weighted by molar-refractivity contribution is 0.631. The molecular weight excluding hydrogens is 244 g/mol. The topological polar surface area (TPSA) is 67.6 Å². The van der Waals surface area contributed by atoms with Crippen molar-refractivity contribution >= 4 is 11.8 Å². The normalized spacial score (nSPS) is 14.4. The Morgan fingerprint density at radius 1 is 1.39 bits per heavy atom. The molecule has 0 amide bonds.